The van der Waals surface area contributed by atoms with Gasteiger partial charge in [-0.2, -0.15) is 0 Å². The van der Waals surface area contributed by atoms with E-state index in [2.05, 4.69) is 15.6 Å². The summed E-state index contributed by atoms with van der Waals surface area (Å²) in [7, 11) is 3.18. The molecule has 0 bridgehead atoms. The van der Waals surface area contributed by atoms with Gasteiger partial charge in [-0.05, 0) is 43.5 Å². The molecule has 1 aliphatic rings. The van der Waals surface area contributed by atoms with Crippen LogP contribution in [0.5, 0.6) is 5.75 Å². The quantitative estimate of drug-likeness (QED) is 0.711. The molecule has 27 heavy (non-hydrogen) atoms. The van der Waals surface area contributed by atoms with Crippen LogP contribution in [-0.2, 0) is 16.0 Å². The van der Waals surface area contributed by atoms with Crippen molar-refractivity contribution >= 4 is 28.3 Å². The highest BCUT2D eigenvalue weighted by Gasteiger charge is 2.30. The zero-order chi connectivity index (χ0) is 19.2. The van der Waals surface area contributed by atoms with E-state index in [1.54, 1.807) is 38.5 Å². The lowest BCUT2D eigenvalue weighted by Gasteiger charge is -2.20. The zero-order valence-corrected chi connectivity index (χ0v) is 16.2. The Morgan fingerprint density at radius 1 is 1.26 bits per heavy atom. The van der Waals surface area contributed by atoms with Crippen molar-refractivity contribution in [2.45, 2.75) is 25.2 Å². The number of anilines is 1. The Morgan fingerprint density at radius 2 is 2.04 bits per heavy atom. The van der Waals surface area contributed by atoms with Crippen LogP contribution in [0, 0.1) is 0 Å². The van der Waals surface area contributed by atoms with Gasteiger partial charge in [0.05, 0.1) is 25.3 Å². The van der Waals surface area contributed by atoms with Gasteiger partial charge in [-0.15, -0.1) is 11.3 Å². The van der Waals surface area contributed by atoms with Gasteiger partial charge in [0.2, 0.25) is 5.91 Å². The van der Waals surface area contributed by atoms with Gasteiger partial charge in [0.25, 0.3) is 5.91 Å². The molecule has 1 unspecified atom stereocenters. The normalized spacial score (nSPS) is 15.7. The average molecular weight is 389 g/mol. The van der Waals surface area contributed by atoms with E-state index >= 15 is 0 Å². The molecule has 0 aliphatic heterocycles. The van der Waals surface area contributed by atoms with Crippen molar-refractivity contribution in [2.24, 2.45) is 0 Å². The Kier molecular flexibility index (Phi) is 6.41. The number of amides is 2. The van der Waals surface area contributed by atoms with Gasteiger partial charge in [-0.1, -0.05) is 0 Å². The number of aryl methyl sites for hydroxylation is 1. The van der Waals surface area contributed by atoms with Crippen LogP contribution in [0.3, 0.4) is 0 Å². The molecule has 0 saturated heterocycles. The van der Waals surface area contributed by atoms with Crippen molar-refractivity contribution in [3.8, 4) is 5.75 Å². The lowest BCUT2D eigenvalue weighted by molar-refractivity contribution is -0.123. The minimum absolute atomic E-state index is 0.0358. The number of nitrogens with zero attached hydrogens (tertiary/aromatic N) is 1. The van der Waals surface area contributed by atoms with Crippen LogP contribution in [0.1, 0.15) is 39.7 Å². The van der Waals surface area contributed by atoms with Crippen molar-refractivity contribution in [1.82, 2.24) is 10.3 Å². The second-order valence-corrected chi connectivity index (χ2v) is 7.32. The Hall–Kier alpha value is -2.45. The predicted octanol–water partition coefficient (Wildman–Crippen LogP) is 2.59. The lowest BCUT2D eigenvalue weighted by Crippen LogP contribution is -2.33. The first kappa shape index (κ1) is 19.3. The number of fused-ring (bicyclic) bond motifs is 1. The fourth-order valence-electron chi connectivity index (χ4n) is 3.04. The number of thiazole rings is 1. The van der Waals surface area contributed by atoms with Gasteiger partial charge >= 0.3 is 0 Å². The summed E-state index contributed by atoms with van der Waals surface area (Å²) in [4.78, 5) is 30.5. The average Bonchev–Trinajstić information content (AvgIpc) is 3.10. The maximum atomic E-state index is 12.4. The molecule has 1 aromatic heterocycles. The van der Waals surface area contributed by atoms with Crippen molar-refractivity contribution in [1.29, 1.82) is 0 Å². The molecule has 2 amide bonds. The Morgan fingerprint density at radius 3 is 2.74 bits per heavy atom. The standard InChI is InChI=1S/C19H23N3O4S/c1-25-11-10-20-18(24)14-4-3-5-15-16(14)21-19(27-15)22-17(23)12-6-8-13(26-2)9-7-12/h6-9,14H,3-5,10-11H2,1-2H3,(H,20,24)(H,21,22,23). The molecule has 0 radical (unpaired) electrons. The SMILES string of the molecule is COCCNC(=O)C1CCCc2sc(NC(=O)c3ccc(OC)cc3)nc21. The van der Waals surface area contributed by atoms with Crippen LogP contribution < -0.4 is 15.4 Å². The van der Waals surface area contributed by atoms with E-state index in [9.17, 15) is 9.59 Å². The van der Waals surface area contributed by atoms with Crippen molar-refractivity contribution < 1.29 is 19.1 Å². The number of benzene rings is 1. The van der Waals surface area contributed by atoms with Gasteiger partial charge < -0.3 is 14.8 Å². The van der Waals surface area contributed by atoms with Crippen molar-refractivity contribution in [3.63, 3.8) is 0 Å². The number of carbonyl (C=O) groups is 2. The molecule has 3 rings (SSSR count). The number of ether oxygens (including phenoxy) is 2. The number of hydrogen-bond acceptors (Lipinski definition) is 6. The molecule has 2 aromatic rings. The molecule has 0 spiro atoms. The topological polar surface area (TPSA) is 89.6 Å². The molecule has 0 saturated carbocycles. The zero-order valence-electron chi connectivity index (χ0n) is 15.4. The third kappa shape index (κ3) is 4.64. The Balaban J connectivity index is 1.69. The first-order chi connectivity index (χ1) is 13.1. The smallest absolute Gasteiger partial charge is 0.257 e. The highest BCUT2D eigenvalue weighted by Crippen LogP contribution is 2.37. The molecule has 144 valence electrons. The maximum Gasteiger partial charge on any atom is 0.257 e. The van der Waals surface area contributed by atoms with Crippen LogP contribution >= 0.6 is 11.3 Å². The monoisotopic (exact) mass is 389 g/mol. The number of methoxy groups -OCH3 is 2. The molecule has 1 aromatic carbocycles. The molecular formula is C19H23N3O4S. The summed E-state index contributed by atoms with van der Waals surface area (Å²) in [5.41, 5.74) is 1.31. The molecule has 2 N–H and O–H groups in total. The Bertz CT molecular complexity index is 804. The molecule has 8 heteroatoms. The number of nitrogens with one attached hydrogen (secondary N) is 2. The number of hydrogen-bond donors (Lipinski definition) is 2. The first-order valence-corrected chi connectivity index (χ1v) is 9.65. The van der Waals surface area contributed by atoms with E-state index in [-0.39, 0.29) is 17.7 Å². The highest BCUT2D eigenvalue weighted by molar-refractivity contribution is 7.15. The lowest BCUT2D eigenvalue weighted by atomic mass is 9.90. The first-order valence-electron chi connectivity index (χ1n) is 8.84. The van der Waals surface area contributed by atoms with Gasteiger partial charge in [0, 0.05) is 24.1 Å². The van der Waals surface area contributed by atoms with E-state index in [0.29, 0.717) is 29.6 Å². The second-order valence-electron chi connectivity index (χ2n) is 6.24. The van der Waals surface area contributed by atoms with Crippen LogP contribution in [-0.4, -0.2) is 44.2 Å². The van der Waals surface area contributed by atoms with Crippen LogP contribution in [0.4, 0.5) is 5.13 Å². The van der Waals surface area contributed by atoms with Gasteiger partial charge in [0.15, 0.2) is 5.13 Å². The van der Waals surface area contributed by atoms with Gasteiger partial charge in [-0.3, -0.25) is 14.9 Å². The number of rotatable bonds is 7. The molecular weight excluding hydrogens is 366 g/mol. The number of carbonyl (C=O) groups excluding carboxylic acids is 2. The van der Waals surface area contributed by atoms with Gasteiger partial charge in [-0.25, -0.2) is 4.98 Å². The maximum absolute atomic E-state index is 12.4. The molecule has 1 aliphatic carbocycles. The summed E-state index contributed by atoms with van der Waals surface area (Å²) >= 11 is 1.44. The third-order valence-corrected chi connectivity index (χ3v) is 5.50. The highest BCUT2D eigenvalue weighted by atomic mass is 32.1. The summed E-state index contributed by atoms with van der Waals surface area (Å²) in [5.74, 6) is 0.156. The van der Waals surface area contributed by atoms with E-state index in [1.807, 2.05) is 0 Å². The minimum Gasteiger partial charge on any atom is -0.497 e. The van der Waals surface area contributed by atoms with Crippen LogP contribution in [0.2, 0.25) is 0 Å². The van der Waals surface area contributed by atoms with E-state index < -0.39 is 0 Å². The van der Waals surface area contributed by atoms with Crippen LogP contribution in [0.15, 0.2) is 24.3 Å². The molecule has 0 fully saturated rings. The second kappa shape index (κ2) is 8.96. The molecule has 1 heterocycles. The molecule has 7 nitrogen and oxygen atoms in total. The van der Waals surface area contributed by atoms with E-state index in [1.165, 1.54) is 11.3 Å². The Labute approximate surface area is 162 Å². The summed E-state index contributed by atoms with van der Waals surface area (Å²) in [6.07, 6.45) is 2.58. The van der Waals surface area contributed by atoms with Crippen molar-refractivity contribution in [2.75, 3.05) is 32.7 Å². The van der Waals surface area contributed by atoms with E-state index in [4.69, 9.17) is 9.47 Å². The van der Waals surface area contributed by atoms with Crippen molar-refractivity contribution in [3.05, 3.63) is 40.4 Å². The predicted molar refractivity (Wildman–Crippen MR) is 104 cm³/mol. The number of aromatic nitrogens is 1. The summed E-state index contributed by atoms with van der Waals surface area (Å²) in [6.45, 7) is 0.956. The van der Waals surface area contributed by atoms with E-state index in [0.717, 1.165) is 29.8 Å². The summed E-state index contributed by atoms with van der Waals surface area (Å²) in [6, 6.07) is 6.88. The fraction of sp³-hybridized carbons (Fsp3) is 0.421. The minimum atomic E-state index is -0.270. The molecule has 1 atom stereocenters. The van der Waals surface area contributed by atoms with Crippen LogP contribution in [0.25, 0.3) is 0 Å². The fourth-order valence-corrected chi connectivity index (χ4v) is 4.10. The third-order valence-electron chi connectivity index (χ3n) is 4.45. The summed E-state index contributed by atoms with van der Waals surface area (Å²) in [5, 5.41) is 6.25. The summed E-state index contributed by atoms with van der Waals surface area (Å²) < 4.78 is 10.1. The largest absolute Gasteiger partial charge is 0.497 e. The van der Waals surface area contributed by atoms with Gasteiger partial charge in [0.1, 0.15) is 5.75 Å².